The molecule has 1 amide bonds. The molecule has 34 heavy (non-hydrogen) atoms. The Kier molecular flexibility index (Phi) is 8.00. The summed E-state index contributed by atoms with van der Waals surface area (Å²) in [6.07, 6.45) is 3.66. The van der Waals surface area contributed by atoms with Gasteiger partial charge in [0, 0.05) is 23.8 Å². The van der Waals surface area contributed by atoms with Crippen LogP contribution in [0.5, 0.6) is 11.6 Å². The lowest BCUT2D eigenvalue weighted by molar-refractivity contribution is -0.118. The third-order valence-corrected chi connectivity index (χ3v) is 6.39. The Morgan fingerprint density at radius 3 is 2.59 bits per heavy atom. The predicted octanol–water partition coefficient (Wildman–Crippen LogP) is 6.05. The van der Waals surface area contributed by atoms with Gasteiger partial charge in [0.15, 0.2) is 5.69 Å². The molecule has 1 atom stereocenters. The minimum atomic E-state index is -0.699. The molecule has 1 aliphatic heterocycles. The van der Waals surface area contributed by atoms with Crippen molar-refractivity contribution < 1.29 is 14.3 Å². The number of amides is 1. The van der Waals surface area contributed by atoms with Crippen molar-refractivity contribution in [2.45, 2.75) is 57.8 Å². The summed E-state index contributed by atoms with van der Waals surface area (Å²) in [6, 6.07) is 15.3. The quantitative estimate of drug-likeness (QED) is 0.273. The summed E-state index contributed by atoms with van der Waals surface area (Å²) in [5.41, 5.74) is 2.83. The maximum absolute atomic E-state index is 12.9. The number of ether oxygens (including phenoxy) is 2. The van der Waals surface area contributed by atoms with Gasteiger partial charge < -0.3 is 9.47 Å². The van der Waals surface area contributed by atoms with Gasteiger partial charge in [0.25, 0.3) is 0 Å². The fraction of sp³-hybridized carbons (Fsp3) is 0.385. The summed E-state index contributed by atoms with van der Waals surface area (Å²) in [4.78, 5) is 19.2. The predicted molar refractivity (Wildman–Crippen MR) is 134 cm³/mol. The number of rotatable bonds is 9. The van der Waals surface area contributed by atoms with Gasteiger partial charge in [-0.1, -0.05) is 56.7 Å². The van der Waals surface area contributed by atoms with Crippen LogP contribution < -0.4 is 14.4 Å². The number of fused-ring (bicyclic) bond motifs is 3. The van der Waals surface area contributed by atoms with E-state index in [-0.39, 0.29) is 5.91 Å². The van der Waals surface area contributed by atoms with Gasteiger partial charge >= 0.3 is 0 Å². The zero-order valence-corrected chi connectivity index (χ0v) is 20.7. The topological polar surface area (TPSA) is 77.4 Å². The number of benzene rings is 2. The first-order valence-electron chi connectivity index (χ1n) is 11.8. The van der Waals surface area contributed by atoms with Crippen LogP contribution in [0.4, 0.5) is 5.69 Å². The molecule has 0 fully saturated rings. The molecular formula is C26H30N4O3S. The summed E-state index contributed by atoms with van der Waals surface area (Å²) in [7, 11) is 0. The summed E-state index contributed by atoms with van der Waals surface area (Å²) >= 11 is 1.57. The molecule has 0 N–H and O–H groups in total. The lowest BCUT2D eigenvalue weighted by atomic mass is 10.1. The largest absolute Gasteiger partial charge is 0.494 e. The second-order valence-electron chi connectivity index (χ2n) is 8.10. The Morgan fingerprint density at radius 2 is 1.85 bits per heavy atom. The van der Waals surface area contributed by atoms with Crippen molar-refractivity contribution >= 4 is 23.4 Å². The lowest BCUT2D eigenvalue weighted by Crippen LogP contribution is -2.36. The molecule has 0 unspecified atom stereocenters. The van der Waals surface area contributed by atoms with Crippen LogP contribution in [0.2, 0.25) is 0 Å². The summed E-state index contributed by atoms with van der Waals surface area (Å²) in [6.45, 7) is 6.44. The molecule has 178 valence electrons. The van der Waals surface area contributed by atoms with E-state index in [1.165, 1.54) is 13.3 Å². The van der Waals surface area contributed by atoms with E-state index in [2.05, 4.69) is 24.0 Å². The van der Waals surface area contributed by atoms with Crippen molar-refractivity contribution in [3.8, 4) is 22.9 Å². The molecule has 1 aliphatic rings. The van der Waals surface area contributed by atoms with E-state index in [0.29, 0.717) is 29.0 Å². The van der Waals surface area contributed by atoms with Gasteiger partial charge in [-0.25, -0.2) is 0 Å². The zero-order chi connectivity index (χ0) is 23.9. The van der Waals surface area contributed by atoms with Crippen molar-refractivity contribution in [1.29, 1.82) is 0 Å². The highest BCUT2D eigenvalue weighted by atomic mass is 32.2. The average molecular weight is 479 g/mol. The van der Waals surface area contributed by atoms with E-state index in [1.54, 1.807) is 16.7 Å². The highest BCUT2D eigenvalue weighted by molar-refractivity contribution is 7.99. The standard InChI is InChI=1S/C26H30N4O3S/c1-4-6-9-17-34-26-27-24-23(28-29-26)21-10-7-8-11-22(21)30(18(3)31)25(33-24)19-12-14-20(15-13-19)32-16-5-2/h7-8,10-15,25H,4-6,9,16-17H2,1-3H3/t25-/m0/s1. The van der Waals surface area contributed by atoms with E-state index < -0.39 is 6.23 Å². The first-order chi connectivity index (χ1) is 16.6. The van der Waals surface area contributed by atoms with E-state index >= 15 is 0 Å². The van der Waals surface area contributed by atoms with Crippen LogP contribution in [0.25, 0.3) is 11.3 Å². The number of hydrogen-bond acceptors (Lipinski definition) is 7. The SMILES string of the molecule is CCCCCSc1nnc2c(n1)O[C@@H](c1ccc(OCCC)cc1)N(C(C)=O)c1ccccc1-2. The van der Waals surface area contributed by atoms with E-state index in [0.717, 1.165) is 41.9 Å². The molecule has 0 radical (unpaired) electrons. The van der Waals surface area contributed by atoms with Crippen molar-refractivity contribution in [3.63, 3.8) is 0 Å². The molecule has 0 saturated carbocycles. The Balaban J connectivity index is 1.73. The van der Waals surface area contributed by atoms with Crippen LogP contribution in [-0.2, 0) is 4.79 Å². The zero-order valence-electron chi connectivity index (χ0n) is 19.9. The molecule has 2 heterocycles. The van der Waals surface area contributed by atoms with Gasteiger partial charge in [-0.15, -0.1) is 10.2 Å². The monoisotopic (exact) mass is 478 g/mol. The van der Waals surface area contributed by atoms with Gasteiger partial charge in [0.05, 0.1) is 12.3 Å². The number of carbonyl (C=O) groups is 1. The lowest BCUT2D eigenvalue weighted by Gasteiger charge is -2.30. The molecule has 3 aromatic rings. The van der Waals surface area contributed by atoms with Crippen molar-refractivity contribution in [3.05, 3.63) is 54.1 Å². The smallest absolute Gasteiger partial charge is 0.247 e. The minimum absolute atomic E-state index is 0.140. The van der Waals surface area contributed by atoms with E-state index in [4.69, 9.17) is 14.5 Å². The molecule has 0 bridgehead atoms. The number of hydrogen-bond donors (Lipinski definition) is 0. The Morgan fingerprint density at radius 1 is 1.06 bits per heavy atom. The van der Waals surface area contributed by atoms with Gasteiger partial charge in [-0.3, -0.25) is 9.69 Å². The molecule has 8 heteroatoms. The first-order valence-corrected chi connectivity index (χ1v) is 12.8. The minimum Gasteiger partial charge on any atom is -0.494 e. The molecule has 0 spiro atoms. The maximum atomic E-state index is 12.9. The fourth-order valence-corrected chi connectivity index (χ4v) is 4.57. The first kappa shape index (κ1) is 24.0. The second kappa shape index (κ2) is 11.3. The molecule has 0 aliphatic carbocycles. The normalized spacial score (nSPS) is 14.6. The van der Waals surface area contributed by atoms with Crippen molar-refractivity contribution in [2.24, 2.45) is 0 Å². The average Bonchev–Trinajstić information content (AvgIpc) is 3.00. The van der Waals surface area contributed by atoms with Crippen molar-refractivity contribution in [1.82, 2.24) is 15.2 Å². The molecule has 0 saturated heterocycles. The number of nitrogens with zero attached hydrogens (tertiary/aromatic N) is 4. The van der Waals surface area contributed by atoms with Crippen LogP contribution in [0.3, 0.4) is 0 Å². The molecule has 7 nitrogen and oxygen atoms in total. The van der Waals surface area contributed by atoms with Crippen LogP contribution in [0.1, 0.15) is 58.2 Å². The number of thioether (sulfide) groups is 1. The number of carbonyl (C=O) groups excluding carboxylic acids is 1. The van der Waals surface area contributed by atoms with Gasteiger partial charge in [-0.2, -0.15) is 4.98 Å². The van der Waals surface area contributed by atoms with Crippen LogP contribution in [0, 0.1) is 0 Å². The Labute approximate surface area is 204 Å². The van der Waals surface area contributed by atoms with Gasteiger partial charge in [-0.05, 0) is 43.2 Å². The Hall–Kier alpha value is -3.13. The second-order valence-corrected chi connectivity index (χ2v) is 9.16. The highest BCUT2D eigenvalue weighted by Crippen LogP contribution is 2.43. The third-order valence-electron chi connectivity index (χ3n) is 5.47. The number of anilines is 1. The molecule has 4 rings (SSSR count). The van der Waals surface area contributed by atoms with E-state index in [9.17, 15) is 4.79 Å². The molecule has 1 aromatic heterocycles. The summed E-state index contributed by atoms with van der Waals surface area (Å²) < 4.78 is 12.2. The maximum Gasteiger partial charge on any atom is 0.247 e. The van der Waals surface area contributed by atoms with Crippen LogP contribution in [0.15, 0.2) is 53.7 Å². The number of aromatic nitrogens is 3. The number of para-hydroxylation sites is 1. The van der Waals surface area contributed by atoms with Crippen LogP contribution >= 0.6 is 11.8 Å². The summed E-state index contributed by atoms with van der Waals surface area (Å²) in [5, 5.41) is 9.39. The summed E-state index contributed by atoms with van der Waals surface area (Å²) in [5.74, 6) is 1.94. The Bertz CT molecular complexity index is 1120. The van der Waals surface area contributed by atoms with Crippen molar-refractivity contribution in [2.75, 3.05) is 17.3 Å². The number of unbranched alkanes of at least 4 members (excludes halogenated alkanes) is 2. The van der Waals surface area contributed by atoms with E-state index in [1.807, 2.05) is 48.5 Å². The third kappa shape index (κ3) is 5.33. The highest BCUT2D eigenvalue weighted by Gasteiger charge is 2.34. The van der Waals surface area contributed by atoms with Gasteiger partial charge in [0.1, 0.15) is 5.75 Å². The molecule has 2 aromatic carbocycles. The molecular weight excluding hydrogens is 448 g/mol. The van der Waals surface area contributed by atoms with Gasteiger partial charge in [0.2, 0.25) is 23.2 Å². The fourth-order valence-electron chi connectivity index (χ4n) is 3.79. The van der Waals surface area contributed by atoms with Crippen LogP contribution in [-0.4, -0.2) is 33.4 Å².